The third kappa shape index (κ3) is 2.64. The highest BCUT2D eigenvalue weighted by atomic mass is 16.5. The summed E-state index contributed by atoms with van der Waals surface area (Å²) in [6.07, 6.45) is -0.544. The van der Waals surface area contributed by atoms with Gasteiger partial charge in [0.2, 0.25) is 0 Å². The van der Waals surface area contributed by atoms with E-state index in [0.29, 0.717) is 0 Å². The molecule has 3 nitrogen and oxygen atoms in total. The zero-order valence-corrected chi connectivity index (χ0v) is 7.09. The van der Waals surface area contributed by atoms with Crippen molar-refractivity contribution >= 4 is 0 Å². The SMILES string of the molecule is CNC(C)C(OC)C(C)O. The lowest BCUT2D eigenvalue weighted by Crippen LogP contribution is -2.42. The zero-order chi connectivity index (χ0) is 8.15. The van der Waals surface area contributed by atoms with Gasteiger partial charge in [0.15, 0.2) is 0 Å². The van der Waals surface area contributed by atoms with Gasteiger partial charge in [0.05, 0.1) is 12.2 Å². The summed E-state index contributed by atoms with van der Waals surface area (Å²) in [5.41, 5.74) is 0. The fourth-order valence-electron chi connectivity index (χ4n) is 0.983. The van der Waals surface area contributed by atoms with Crippen molar-refractivity contribution < 1.29 is 9.84 Å². The van der Waals surface area contributed by atoms with Crippen LogP contribution in [-0.2, 0) is 4.74 Å². The number of methoxy groups -OCH3 is 1. The van der Waals surface area contributed by atoms with Gasteiger partial charge in [-0.1, -0.05) is 0 Å². The number of hydrogen-bond acceptors (Lipinski definition) is 3. The largest absolute Gasteiger partial charge is 0.391 e. The molecule has 10 heavy (non-hydrogen) atoms. The van der Waals surface area contributed by atoms with Gasteiger partial charge < -0.3 is 15.2 Å². The normalized spacial score (nSPS) is 20.1. The van der Waals surface area contributed by atoms with E-state index in [1.54, 1.807) is 14.0 Å². The van der Waals surface area contributed by atoms with E-state index in [0.717, 1.165) is 0 Å². The molecule has 0 spiro atoms. The van der Waals surface area contributed by atoms with Crippen molar-refractivity contribution in [3.8, 4) is 0 Å². The van der Waals surface area contributed by atoms with Gasteiger partial charge in [-0.2, -0.15) is 0 Å². The molecule has 0 radical (unpaired) electrons. The summed E-state index contributed by atoms with van der Waals surface area (Å²) in [5.74, 6) is 0. The van der Waals surface area contributed by atoms with Gasteiger partial charge in [-0.15, -0.1) is 0 Å². The standard InChI is InChI=1S/C7H17NO2/c1-5(8-3)7(10-4)6(2)9/h5-9H,1-4H3. The summed E-state index contributed by atoms with van der Waals surface area (Å²) in [5, 5.41) is 12.2. The molecule has 0 heterocycles. The van der Waals surface area contributed by atoms with E-state index in [1.807, 2.05) is 14.0 Å². The lowest BCUT2D eigenvalue weighted by Gasteiger charge is -2.24. The van der Waals surface area contributed by atoms with Gasteiger partial charge in [0, 0.05) is 13.2 Å². The number of ether oxygens (including phenoxy) is 1. The summed E-state index contributed by atoms with van der Waals surface area (Å²) in [6, 6.07) is 0.185. The summed E-state index contributed by atoms with van der Waals surface area (Å²) in [6.45, 7) is 3.70. The smallest absolute Gasteiger partial charge is 0.0976 e. The summed E-state index contributed by atoms with van der Waals surface area (Å²) in [7, 11) is 3.45. The van der Waals surface area contributed by atoms with Gasteiger partial charge in [-0.25, -0.2) is 0 Å². The first kappa shape index (κ1) is 9.88. The highest BCUT2D eigenvalue weighted by molar-refractivity contribution is 4.74. The topological polar surface area (TPSA) is 41.5 Å². The van der Waals surface area contributed by atoms with E-state index in [1.165, 1.54) is 0 Å². The predicted octanol–water partition coefficient (Wildman–Crippen LogP) is -0.00990. The van der Waals surface area contributed by atoms with Crippen LogP contribution in [-0.4, -0.2) is 37.5 Å². The van der Waals surface area contributed by atoms with Crippen LogP contribution in [0.2, 0.25) is 0 Å². The van der Waals surface area contributed by atoms with E-state index in [9.17, 15) is 0 Å². The van der Waals surface area contributed by atoms with E-state index < -0.39 is 6.10 Å². The molecule has 0 aliphatic heterocycles. The third-order valence-electron chi connectivity index (χ3n) is 1.70. The summed E-state index contributed by atoms with van der Waals surface area (Å²) >= 11 is 0. The van der Waals surface area contributed by atoms with E-state index in [4.69, 9.17) is 9.84 Å². The van der Waals surface area contributed by atoms with Crippen LogP contribution >= 0.6 is 0 Å². The number of likely N-dealkylation sites (N-methyl/N-ethyl adjacent to an activating group) is 1. The van der Waals surface area contributed by atoms with Crippen LogP contribution in [0.15, 0.2) is 0 Å². The quantitative estimate of drug-likeness (QED) is 0.587. The minimum atomic E-state index is -0.424. The number of aliphatic hydroxyl groups is 1. The molecular formula is C7H17NO2. The second-order valence-corrected chi connectivity index (χ2v) is 2.52. The molecule has 0 saturated carbocycles. The summed E-state index contributed by atoms with van der Waals surface area (Å²) in [4.78, 5) is 0. The maximum Gasteiger partial charge on any atom is 0.0976 e. The molecule has 0 aromatic rings. The van der Waals surface area contributed by atoms with Gasteiger partial charge in [-0.3, -0.25) is 0 Å². The Balaban J connectivity index is 3.80. The minimum Gasteiger partial charge on any atom is -0.391 e. The fourth-order valence-corrected chi connectivity index (χ4v) is 0.983. The maximum atomic E-state index is 9.15. The van der Waals surface area contributed by atoms with Crippen molar-refractivity contribution in [2.45, 2.75) is 32.1 Å². The van der Waals surface area contributed by atoms with Crippen molar-refractivity contribution in [2.24, 2.45) is 0 Å². The van der Waals surface area contributed by atoms with Crippen LogP contribution < -0.4 is 5.32 Å². The van der Waals surface area contributed by atoms with Crippen molar-refractivity contribution in [2.75, 3.05) is 14.2 Å². The fraction of sp³-hybridized carbons (Fsp3) is 1.00. The second kappa shape index (κ2) is 4.66. The second-order valence-electron chi connectivity index (χ2n) is 2.52. The molecule has 2 N–H and O–H groups in total. The number of hydrogen-bond donors (Lipinski definition) is 2. The van der Waals surface area contributed by atoms with Crippen LogP contribution in [0.5, 0.6) is 0 Å². The van der Waals surface area contributed by atoms with Crippen LogP contribution in [0.1, 0.15) is 13.8 Å². The Hall–Kier alpha value is -0.120. The number of rotatable bonds is 4. The molecule has 0 saturated heterocycles. The first-order valence-electron chi connectivity index (χ1n) is 3.51. The molecule has 0 aliphatic rings. The maximum absolute atomic E-state index is 9.15. The van der Waals surface area contributed by atoms with E-state index in [2.05, 4.69) is 5.32 Å². The Kier molecular flexibility index (Phi) is 4.60. The molecule has 3 unspecified atom stereocenters. The average Bonchev–Trinajstić information content (AvgIpc) is 1.88. The molecule has 0 bridgehead atoms. The van der Waals surface area contributed by atoms with Crippen molar-refractivity contribution in [3.05, 3.63) is 0 Å². The lowest BCUT2D eigenvalue weighted by molar-refractivity contribution is -0.0192. The molecule has 0 aromatic heterocycles. The monoisotopic (exact) mass is 147 g/mol. The number of aliphatic hydroxyl groups excluding tert-OH is 1. The van der Waals surface area contributed by atoms with Crippen LogP contribution in [0.3, 0.4) is 0 Å². The summed E-state index contributed by atoms with van der Waals surface area (Å²) < 4.78 is 5.05. The average molecular weight is 147 g/mol. The van der Waals surface area contributed by atoms with E-state index >= 15 is 0 Å². The third-order valence-corrected chi connectivity index (χ3v) is 1.70. The van der Waals surface area contributed by atoms with Gasteiger partial charge in [0.1, 0.15) is 0 Å². The van der Waals surface area contributed by atoms with Gasteiger partial charge in [0.25, 0.3) is 0 Å². The molecule has 3 atom stereocenters. The molecule has 0 rings (SSSR count). The Labute approximate surface area is 62.4 Å². The van der Waals surface area contributed by atoms with Crippen LogP contribution in [0, 0.1) is 0 Å². The van der Waals surface area contributed by atoms with Crippen LogP contribution in [0.4, 0.5) is 0 Å². The van der Waals surface area contributed by atoms with Crippen molar-refractivity contribution in [1.82, 2.24) is 5.32 Å². The molecule has 62 valence electrons. The Morgan fingerprint density at radius 2 is 1.90 bits per heavy atom. The molecular weight excluding hydrogens is 130 g/mol. The molecule has 3 heteroatoms. The molecule has 0 fully saturated rings. The molecule has 0 aromatic carbocycles. The van der Waals surface area contributed by atoms with Crippen molar-refractivity contribution in [1.29, 1.82) is 0 Å². The zero-order valence-electron chi connectivity index (χ0n) is 7.09. The Morgan fingerprint density at radius 1 is 1.40 bits per heavy atom. The highest BCUT2D eigenvalue weighted by Gasteiger charge is 2.19. The first-order chi connectivity index (χ1) is 4.63. The first-order valence-corrected chi connectivity index (χ1v) is 3.51. The van der Waals surface area contributed by atoms with E-state index in [-0.39, 0.29) is 12.1 Å². The predicted molar refractivity (Wildman–Crippen MR) is 41.0 cm³/mol. The van der Waals surface area contributed by atoms with Gasteiger partial charge >= 0.3 is 0 Å². The highest BCUT2D eigenvalue weighted by Crippen LogP contribution is 2.02. The molecule has 0 amide bonds. The van der Waals surface area contributed by atoms with Crippen molar-refractivity contribution in [3.63, 3.8) is 0 Å². The Bertz CT molecular complexity index is 85.7. The Morgan fingerprint density at radius 3 is 2.00 bits per heavy atom. The molecule has 0 aliphatic carbocycles. The number of nitrogens with one attached hydrogen (secondary N) is 1. The minimum absolute atomic E-state index is 0.120. The van der Waals surface area contributed by atoms with Crippen LogP contribution in [0.25, 0.3) is 0 Å². The van der Waals surface area contributed by atoms with Gasteiger partial charge in [-0.05, 0) is 20.9 Å². The lowest BCUT2D eigenvalue weighted by atomic mass is 10.1.